The van der Waals surface area contributed by atoms with Gasteiger partial charge in [0.15, 0.2) is 0 Å². The van der Waals surface area contributed by atoms with Crippen molar-refractivity contribution in [1.29, 1.82) is 0 Å². The van der Waals surface area contributed by atoms with Crippen LogP contribution in [0.5, 0.6) is 0 Å². The van der Waals surface area contributed by atoms with E-state index in [-0.39, 0.29) is 5.97 Å². The summed E-state index contributed by atoms with van der Waals surface area (Å²) in [5.74, 6) is -0.265. The van der Waals surface area contributed by atoms with Crippen molar-refractivity contribution in [2.24, 2.45) is 0 Å². The Labute approximate surface area is 134 Å². The van der Waals surface area contributed by atoms with Gasteiger partial charge in [0, 0.05) is 6.42 Å². The maximum atomic E-state index is 11.5. The van der Waals surface area contributed by atoms with E-state index >= 15 is 0 Å². The molecule has 0 saturated heterocycles. The molecule has 0 aliphatic rings. The van der Waals surface area contributed by atoms with Crippen LogP contribution in [-0.2, 0) is 21.2 Å². The zero-order valence-corrected chi connectivity index (χ0v) is 13.9. The van der Waals surface area contributed by atoms with Crippen LogP contribution in [0.2, 0.25) is 0 Å². The third-order valence-corrected chi connectivity index (χ3v) is 3.70. The molecule has 3 heteroatoms. The molecule has 124 valence electrons. The zero-order chi connectivity index (χ0) is 15.9. The fourth-order valence-corrected chi connectivity index (χ4v) is 2.36. The number of benzene rings is 1. The van der Waals surface area contributed by atoms with E-state index in [0.29, 0.717) is 13.0 Å². The van der Waals surface area contributed by atoms with Gasteiger partial charge in [-0.1, -0.05) is 88.6 Å². The molecule has 0 spiro atoms. The number of hydrogen-bond acceptors (Lipinski definition) is 3. The standard InChI is InChI=1S/C19H30O3/c1-2-3-4-5-6-7-8-9-13-16-19(20)22-21-17-18-14-11-10-12-15-18/h10-12,14-15H,2-9,13,16-17H2,1H3. The van der Waals surface area contributed by atoms with Crippen LogP contribution in [-0.4, -0.2) is 5.97 Å². The van der Waals surface area contributed by atoms with Gasteiger partial charge in [-0.3, -0.25) is 4.89 Å². The summed E-state index contributed by atoms with van der Waals surface area (Å²) >= 11 is 0. The van der Waals surface area contributed by atoms with Crippen molar-refractivity contribution >= 4 is 5.97 Å². The Morgan fingerprint density at radius 3 is 2.09 bits per heavy atom. The molecule has 0 fully saturated rings. The lowest BCUT2D eigenvalue weighted by Crippen LogP contribution is -2.05. The van der Waals surface area contributed by atoms with Crippen molar-refractivity contribution in [3.05, 3.63) is 35.9 Å². The van der Waals surface area contributed by atoms with Crippen LogP contribution < -0.4 is 0 Å². The molecule has 1 aromatic rings. The topological polar surface area (TPSA) is 35.5 Å². The van der Waals surface area contributed by atoms with Crippen LogP contribution in [0.25, 0.3) is 0 Å². The summed E-state index contributed by atoms with van der Waals surface area (Å²) in [7, 11) is 0. The molecular weight excluding hydrogens is 276 g/mol. The van der Waals surface area contributed by atoms with Gasteiger partial charge >= 0.3 is 5.97 Å². The van der Waals surface area contributed by atoms with Gasteiger partial charge in [-0.05, 0) is 12.0 Å². The van der Waals surface area contributed by atoms with Crippen LogP contribution in [0.1, 0.15) is 76.7 Å². The van der Waals surface area contributed by atoms with Gasteiger partial charge in [-0.2, -0.15) is 4.89 Å². The van der Waals surface area contributed by atoms with E-state index in [0.717, 1.165) is 18.4 Å². The first-order valence-corrected chi connectivity index (χ1v) is 8.69. The van der Waals surface area contributed by atoms with E-state index in [1.54, 1.807) is 0 Å². The molecule has 0 radical (unpaired) electrons. The molecule has 22 heavy (non-hydrogen) atoms. The van der Waals surface area contributed by atoms with Crippen LogP contribution in [0.3, 0.4) is 0 Å². The molecule has 0 aromatic heterocycles. The molecule has 0 bridgehead atoms. The van der Waals surface area contributed by atoms with Crippen LogP contribution >= 0.6 is 0 Å². The summed E-state index contributed by atoms with van der Waals surface area (Å²) in [6.45, 7) is 2.55. The van der Waals surface area contributed by atoms with E-state index in [1.165, 1.54) is 44.9 Å². The Morgan fingerprint density at radius 2 is 1.45 bits per heavy atom. The molecule has 0 aliphatic carbocycles. The SMILES string of the molecule is CCCCCCCCCCCC(=O)OOCc1ccccc1. The van der Waals surface area contributed by atoms with Crippen molar-refractivity contribution in [3.63, 3.8) is 0 Å². The van der Waals surface area contributed by atoms with E-state index in [1.807, 2.05) is 30.3 Å². The third kappa shape index (κ3) is 10.4. The van der Waals surface area contributed by atoms with Gasteiger partial charge in [0.25, 0.3) is 0 Å². The molecule has 0 aliphatic heterocycles. The summed E-state index contributed by atoms with van der Waals surface area (Å²) < 4.78 is 0. The molecule has 0 heterocycles. The zero-order valence-electron chi connectivity index (χ0n) is 13.9. The minimum absolute atomic E-state index is 0.265. The predicted octanol–water partition coefficient (Wildman–Crippen LogP) is 5.58. The molecule has 0 atom stereocenters. The summed E-state index contributed by atoms with van der Waals surface area (Å²) in [4.78, 5) is 21.2. The molecule has 0 N–H and O–H groups in total. The molecule has 0 amide bonds. The van der Waals surface area contributed by atoms with Crippen LogP contribution in [0, 0.1) is 0 Å². The number of carbonyl (C=O) groups is 1. The fourth-order valence-electron chi connectivity index (χ4n) is 2.36. The highest BCUT2D eigenvalue weighted by atomic mass is 17.2. The quantitative estimate of drug-likeness (QED) is 0.271. The highest BCUT2D eigenvalue weighted by molar-refractivity contribution is 5.68. The van der Waals surface area contributed by atoms with Gasteiger partial charge < -0.3 is 0 Å². The summed E-state index contributed by atoms with van der Waals surface area (Å²) in [6, 6.07) is 9.69. The Bertz CT molecular complexity index is 376. The fraction of sp³-hybridized carbons (Fsp3) is 0.632. The number of rotatable bonds is 13. The average Bonchev–Trinajstić information content (AvgIpc) is 2.54. The number of carbonyl (C=O) groups excluding carboxylic acids is 1. The Hall–Kier alpha value is -1.35. The third-order valence-electron chi connectivity index (χ3n) is 3.70. The van der Waals surface area contributed by atoms with Gasteiger partial charge in [0.1, 0.15) is 6.61 Å². The summed E-state index contributed by atoms with van der Waals surface area (Å²) in [5, 5.41) is 0. The first kappa shape index (κ1) is 18.7. The lowest BCUT2D eigenvalue weighted by Gasteiger charge is -2.04. The second-order valence-electron chi connectivity index (χ2n) is 5.78. The first-order valence-electron chi connectivity index (χ1n) is 8.69. The molecule has 1 rings (SSSR count). The molecule has 1 aromatic carbocycles. The van der Waals surface area contributed by atoms with E-state index in [2.05, 4.69) is 6.92 Å². The second kappa shape index (κ2) is 13.3. The lowest BCUT2D eigenvalue weighted by molar-refractivity contribution is -0.280. The Kier molecular flexibility index (Phi) is 11.3. The maximum Gasteiger partial charge on any atom is 0.342 e. The van der Waals surface area contributed by atoms with E-state index < -0.39 is 0 Å². The van der Waals surface area contributed by atoms with Crippen molar-refractivity contribution in [2.45, 2.75) is 77.7 Å². The Morgan fingerprint density at radius 1 is 0.864 bits per heavy atom. The van der Waals surface area contributed by atoms with Crippen LogP contribution in [0.4, 0.5) is 0 Å². The lowest BCUT2D eigenvalue weighted by atomic mass is 10.1. The highest BCUT2D eigenvalue weighted by Crippen LogP contribution is 2.11. The minimum Gasteiger partial charge on any atom is -0.298 e. The minimum atomic E-state index is -0.265. The average molecular weight is 306 g/mol. The first-order chi connectivity index (χ1) is 10.8. The molecular formula is C19H30O3. The van der Waals surface area contributed by atoms with Crippen molar-refractivity contribution in [1.82, 2.24) is 0 Å². The summed E-state index contributed by atoms with van der Waals surface area (Å²) in [5.41, 5.74) is 0.998. The molecule has 3 nitrogen and oxygen atoms in total. The largest absolute Gasteiger partial charge is 0.342 e. The highest BCUT2D eigenvalue weighted by Gasteiger charge is 2.04. The smallest absolute Gasteiger partial charge is 0.298 e. The van der Waals surface area contributed by atoms with Crippen LogP contribution in [0.15, 0.2) is 30.3 Å². The van der Waals surface area contributed by atoms with Gasteiger partial charge in [-0.25, -0.2) is 4.79 Å². The number of unbranched alkanes of at least 4 members (excludes halogenated alkanes) is 8. The van der Waals surface area contributed by atoms with Gasteiger partial charge in [0.2, 0.25) is 0 Å². The van der Waals surface area contributed by atoms with E-state index in [9.17, 15) is 4.79 Å². The van der Waals surface area contributed by atoms with Crippen molar-refractivity contribution in [2.75, 3.05) is 0 Å². The van der Waals surface area contributed by atoms with E-state index in [4.69, 9.17) is 9.78 Å². The van der Waals surface area contributed by atoms with Crippen molar-refractivity contribution in [3.8, 4) is 0 Å². The normalized spacial score (nSPS) is 10.6. The number of hydrogen-bond donors (Lipinski definition) is 0. The van der Waals surface area contributed by atoms with Gasteiger partial charge in [0.05, 0.1) is 0 Å². The second-order valence-corrected chi connectivity index (χ2v) is 5.78. The maximum absolute atomic E-state index is 11.5. The summed E-state index contributed by atoms with van der Waals surface area (Å²) in [6.07, 6.45) is 11.6. The monoisotopic (exact) mass is 306 g/mol. The predicted molar refractivity (Wildman–Crippen MR) is 89.2 cm³/mol. The molecule has 0 saturated carbocycles. The van der Waals surface area contributed by atoms with Crippen molar-refractivity contribution < 1.29 is 14.6 Å². The van der Waals surface area contributed by atoms with Gasteiger partial charge in [-0.15, -0.1) is 0 Å². The Balaban J connectivity index is 1.87. The molecule has 0 unspecified atom stereocenters.